The summed E-state index contributed by atoms with van der Waals surface area (Å²) < 4.78 is 6.55. The van der Waals surface area contributed by atoms with Gasteiger partial charge in [-0.1, -0.05) is 6.82 Å². The molecule has 0 aromatic heterocycles. The molecule has 16 heteroatoms. The van der Waals surface area contributed by atoms with Crippen molar-refractivity contribution in [3.63, 3.8) is 0 Å². The minimum Gasteiger partial charge on any atom is -0.661 e. The number of hydrogen-bond donors (Lipinski definition) is 0. The predicted molar refractivity (Wildman–Crippen MR) is 169 cm³/mol. The van der Waals surface area contributed by atoms with E-state index in [9.17, 15) is 59.7 Å². The first kappa shape index (κ1) is 36.4. The van der Waals surface area contributed by atoms with Crippen LogP contribution in [0, 0.1) is 0 Å². The minimum absolute atomic E-state index is 0.000000000000000222. The average molecular weight is 712 g/mol. The highest BCUT2D eigenvalue weighted by atomic mass is 31.0. The van der Waals surface area contributed by atoms with Gasteiger partial charge in [-0.15, -0.1) is 0 Å². The van der Waals surface area contributed by atoms with Gasteiger partial charge in [-0.3, -0.25) is 0 Å². The van der Waals surface area contributed by atoms with Crippen LogP contribution >= 0.6 is 9.12 Å². The molecule has 0 radical (unpaired) electrons. The van der Waals surface area contributed by atoms with Crippen LogP contribution in [0.15, 0.2) is 60.7 Å². The lowest BCUT2D eigenvalue weighted by Crippen LogP contribution is -2.25. The molecule has 0 aliphatic heterocycles. The zero-order valence-corrected chi connectivity index (χ0v) is 27.6. The molecule has 0 heterocycles. The first-order valence-corrected chi connectivity index (χ1v) is 15.5. The molecular weight excluding hydrogens is 686 g/mol. The number of aryl methyl sites for hydroxylation is 4. The van der Waals surface area contributed by atoms with Crippen molar-refractivity contribution in [3.8, 4) is 22.3 Å². The summed E-state index contributed by atoms with van der Waals surface area (Å²) in [5, 5.41) is 65.0. The highest BCUT2D eigenvalue weighted by molar-refractivity contribution is 7.55. The van der Waals surface area contributed by atoms with Crippen LogP contribution in [0.4, 0.5) is 0 Å². The molecule has 0 spiro atoms. The summed E-state index contributed by atoms with van der Waals surface area (Å²) in [5.74, 6) is -8.48. The van der Waals surface area contributed by atoms with Crippen molar-refractivity contribution >= 4 is 51.9 Å². The Labute approximate surface area is 293 Å². The lowest BCUT2D eigenvalue weighted by molar-refractivity contribution is -0.653. The summed E-state index contributed by atoms with van der Waals surface area (Å²) in [5.41, 5.74) is 4.63. The third-order valence-corrected chi connectivity index (χ3v) is 7.95. The van der Waals surface area contributed by atoms with E-state index in [1.807, 2.05) is 0 Å². The molecule has 1 unspecified atom stereocenters. The Morgan fingerprint density at radius 2 is 0.765 bits per heavy atom. The van der Waals surface area contributed by atoms with Gasteiger partial charge in [0.25, 0.3) is 0 Å². The molecular formula is C35H24BO14P-6. The number of benzene rings is 4. The molecule has 0 amide bonds. The summed E-state index contributed by atoms with van der Waals surface area (Å²) in [4.78, 5) is 73.9. The van der Waals surface area contributed by atoms with Gasteiger partial charge in [0.05, 0.1) is 35.0 Å². The topological polar surface area (TPSA) is 259 Å². The van der Waals surface area contributed by atoms with Gasteiger partial charge in [0.1, 0.15) is 6.96 Å². The molecule has 51 heavy (non-hydrogen) atoms. The molecule has 4 aromatic rings. The van der Waals surface area contributed by atoms with Crippen molar-refractivity contribution in [3.05, 3.63) is 116 Å². The Bertz CT molecular complexity index is 1940. The zero-order valence-electron chi connectivity index (χ0n) is 27.5. The van der Waals surface area contributed by atoms with Crippen molar-refractivity contribution in [2.24, 2.45) is 0 Å². The first-order valence-electron chi connectivity index (χ1n) is 15.5. The molecule has 1 atom stereocenters. The van der Waals surface area contributed by atoms with Gasteiger partial charge in [0.2, 0.25) is 0 Å². The Hall–Kier alpha value is -5.89. The number of carboxylic acids is 4. The number of carbonyl (C=O) groups excluding carboxylic acids is 6. The van der Waals surface area contributed by atoms with E-state index in [1.54, 1.807) is 31.1 Å². The highest BCUT2D eigenvalue weighted by Crippen LogP contribution is 2.43. The summed E-state index contributed by atoms with van der Waals surface area (Å²) in [6.45, 7) is 1.80. The van der Waals surface area contributed by atoms with Gasteiger partial charge in [-0.05, 0) is 154 Å². The fourth-order valence-electron chi connectivity index (χ4n) is 5.90. The van der Waals surface area contributed by atoms with Gasteiger partial charge < -0.3 is 59.9 Å². The van der Waals surface area contributed by atoms with Gasteiger partial charge in [0.15, 0.2) is 0 Å². The maximum atomic E-state index is 11.4. The third-order valence-electron chi connectivity index (χ3n) is 7.95. The Morgan fingerprint density at radius 3 is 1.02 bits per heavy atom. The second kappa shape index (κ2) is 16.2. The molecule has 0 bridgehead atoms. The summed E-state index contributed by atoms with van der Waals surface area (Å²) in [6, 6.07) is 12.4. The summed E-state index contributed by atoms with van der Waals surface area (Å²) >= 11 is 0. The molecule has 0 saturated heterocycles. The van der Waals surface area contributed by atoms with E-state index in [-0.39, 0.29) is 29.2 Å². The van der Waals surface area contributed by atoms with Gasteiger partial charge in [-0.2, -0.15) is 9.12 Å². The molecule has 6 rings (SSSR count). The van der Waals surface area contributed by atoms with Crippen molar-refractivity contribution in [1.82, 2.24) is 0 Å². The minimum atomic E-state index is -1.69. The fourth-order valence-corrected chi connectivity index (χ4v) is 5.90. The van der Waals surface area contributed by atoms with Gasteiger partial charge >= 0.3 is 11.9 Å². The summed E-state index contributed by atoms with van der Waals surface area (Å²) in [6.07, 6.45) is 2.86. The van der Waals surface area contributed by atoms with E-state index >= 15 is 0 Å². The Balaban J connectivity index is 0.000000213. The van der Waals surface area contributed by atoms with E-state index in [0.717, 1.165) is 69.8 Å². The van der Waals surface area contributed by atoms with Crippen molar-refractivity contribution in [2.75, 3.05) is 0 Å². The molecule has 262 valence electrons. The van der Waals surface area contributed by atoms with Crippen LogP contribution in [0.2, 0.25) is 6.82 Å². The smallest absolute Gasteiger partial charge is 0.332 e. The van der Waals surface area contributed by atoms with Crippen LogP contribution in [0.1, 0.15) is 84.4 Å². The van der Waals surface area contributed by atoms with E-state index in [1.165, 1.54) is 0 Å². The third kappa shape index (κ3) is 8.47. The number of carbonyl (C=O) groups is 6. The van der Waals surface area contributed by atoms with Gasteiger partial charge in [-0.25, -0.2) is 9.59 Å². The molecule has 2 aliphatic rings. The molecule has 0 N–H and O–H groups in total. The van der Waals surface area contributed by atoms with E-state index in [0.29, 0.717) is 25.7 Å². The van der Waals surface area contributed by atoms with Crippen molar-refractivity contribution in [2.45, 2.75) is 32.5 Å². The number of rotatable bonds is 7. The van der Waals surface area contributed by atoms with Crippen LogP contribution in [0.25, 0.3) is 22.3 Å². The number of aromatic carboxylic acids is 4. The molecule has 4 aromatic carbocycles. The normalized spacial score (nSPS) is 11.9. The fraction of sp³-hybridized carbons (Fsp3) is 0.143. The largest absolute Gasteiger partial charge is 0.661 e. The number of carboxylic acid groups (broad SMARTS) is 4. The second-order valence-corrected chi connectivity index (χ2v) is 11.8. The monoisotopic (exact) mass is 712 g/mol. The van der Waals surface area contributed by atoms with Gasteiger partial charge in [0, 0.05) is 0 Å². The molecule has 14 nitrogen and oxygen atoms in total. The standard InChI is InChI=1S/C18H14O4.C16H10O10.CH6BP/c19-17(20)13-5-9-1-2-10-6-14(18(21)22)8-12-4-3-11(7-13)15(9)16(10)12;17-13(18)9-1-7(2-10(5-9)14(19)20)8-3-11(15(21)25-23)6-12(4-8)16(22)26-24;1-2-3/h5-8H,1-4H2,(H,19,20)(H,21,22);1-6,23-24H,(H,17,18)(H,19,20);2H,3H2,1H3/p-6/i;;2T. The Kier molecular flexibility index (Phi) is 11.6. The quantitative estimate of drug-likeness (QED) is 0.0830. The van der Waals surface area contributed by atoms with E-state index in [2.05, 4.69) is 18.9 Å². The Morgan fingerprint density at radius 1 is 0.529 bits per heavy atom. The second-order valence-electron chi connectivity index (χ2n) is 11.2. The molecule has 0 fully saturated rings. The first-order chi connectivity index (χ1) is 24.5. The van der Waals surface area contributed by atoms with Crippen LogP contribution < -0.4 is 30.9 Å². The molecule has 2 aliphatic carbocycles. The summed E-state index contributed by atoms with van der Waals surface area (Å²) in [7, 11) is 2.32. The number of hydrogen-bond acceptors (Lipinski definition) is 14. The highest BCUT2D eigenvalue weighted by Gasteiger charge is 2.27. The average Bonchev–Trinajstić information content (AvgIpc) is 3.12. The van der Waals surface area contributed by atoms with Crippen LogP contribution in [0.5, 0.6) is 0 Å². The maximum absolute atomic E-state index is 11.4. The maximum Gasteiger partial charge on any atom is 0.332 e. The lowest BCUT2D eigenvalue weighted by atomic mass is 9.74. The van der Waals surface area contributed by atoms with Crippen molar-refractivity contribution < 1.29 is 69.5 Å². The van der Waals surface area contributed by atoms with E-state index < -0.39 is 58.1 Å². The SMILES string of the molecule is O=C([O-])c1cc(C(=O)[O-])cc(-c2cc(C(=O)O[O-])cc(C(=O)O[O-])c2)c1.O=C([O-])c1cc2c3c(c1)CCc1cc(C(=O)[O-])cc(c1-3)CC2.[3H]B(C)P. The lowest BCUT2D eigenvalue weighted by Gasteiger charge is -2.31. The molecule has 0 saturated carbocycles. The van der Waals surface area contributed by atoms with E-state index in [4.69, 9.17) is 1.34 Å². The van der Waals surface area contributed by atoms with Crippen molar-refractivity contribution in [1.29, 1.82) is 1.34 Å². The van der Waals surface area contributed by atoms with Crippen LogP contribution in [-0.2, 0) is 35.5 Å². The van der Waals surface area contributed by atoms with Crippen LogP contribution in [0.3, 0.4) is 0 Å². The predicted octanol–water partition coefficient (Wildman–Crippen LogP) is -2.52. The zero-order chi connectivity index (χ0) is 38.4. The van der Waals surface area contributed by atoms with Crippen LogP contribution in [-0.4, -0.2) is 44.1 Å².